The highest BCUT2D eigenvalue weighted by atomic mass is 19.1. The largest absolute Gasteiger partial charge is 0.465 e. The maximum absolute atomic E-state index is 13.1. The van der Waals surface area contributed by atoms with Crippen LogP contribution in [0, 0.1) is 5.82 Å². The van der Waals surface area contributed by atoms with E-state index in [0.29, 0.717) is 12.0 Å². The number of carbonyl (C=O) groups is 2. The molecule has 0 fully saturated rings. The highest BCUT2D eigenvalue weighted by molar-refractivity contribution is 5.97. The van der Waals surface area contributed by atoms with E-state index in [4.69, 9.17) is 0 Å². The van der Waals surface area contributed by atoms with Crippen LogP contribution in [-0.2, 0) is 4.74 Å². The van der Waals surface area contributed by atoms with Crippen molar-refractivity contribution in [2.75, 3.05) is 7.11 Å². The zero-order valence-corrected chi connectivity index (χ0v) is 9.46. The third-order valence-electron chi connectivity index (χ3n) is 2.38. The molecule has 0 saturated heterocycles. The van der Waals surface area contributed by atoms with E-state index in [2.05, 4.69) is 9.84 Å². The summed E-state index contributed by atoms with van der Waals surface area (Å²) < 4.78 is 18.8. The van der Waals surface area contributed by atoms with E-state index in [-0.39, 0.29) is 11.3 Å². The molecule has 0 aliphatic rings. The van der Waals surface area contributed by atoms with Crippen molar-refractivity contribution in [2.45, 2.75) is 0 Å². The Kier molecular flexibility index (Phi) is 3.18. The zero-order chi connectivity index (χ0) is 13.1. The van der Waals surface area contributed by atoms with Gasteiger partial charge in [0.1, 0.15) is 17.1 Å². The van der Waals surface area contributed by atoms with E-state index >= 15 is 0 Å². The van der Waals surface area contributed by atoms with Crippen molar-refractivity contribution < 1.29 is 18.7 Å². The molecule has 0 spiro atoms. The summed E-state index contributed by atoms with van der Waals surface area (Å²) in [5.74, 6) is -1.13. The van der Waals surface area contributed by atoms with Gasteiger partial charge in [0.15, 0.2) is 6.29 Å². The van der Waals surface area contributed by atoms with Crippen LogP contribution in [0.5, 0.6) is 0 Å². The summed E-state index contributed by atoms with van der Waals surface area (Å²) in [4.78, 5) is 22.4. The molecule has 1 aromatic heterocycles. The first kappa shape index (κ1) is 12.0. The number of aldehydes is 1. The Hall–Kier alpha value is -2.50. The number of aromatic nitrogens is 2. The van der Waals surface area contributed by atoms with E-state index in [1.807, 2.05) is 0 Å². The van der Waals surface area contributed by atoms with Crippen LogP contribution >= 0.6 is 0 Å². The van der Waals surface area contributed by atoms with Gasteiger partial charge in [0.2, 0.25) is 0 Å². The Morgan fingerprint density at radius 2 is 2.28 bits per heavy atom. The van der Waals surface area contributed by atoms with Gasteiger partial charge in [-0.1, -0.05) is 6.07 Å². The van der Waals surface area contributed by atoms with Crippen LogP contribution in [0.25, 0.3) is 5.69 Å². The lowest BCUT2D eigenvalue weighted by Crippen LogP contribution is -2.07. The molecule has 0 atom stereocenters. The Morgan fingerprint density at radius 1 is 1.50 bits per heavy atom. The molecule has 0 N–H and O–H groups in total. The van der Waals surface area contributed by atoms with Crippen LogP contribution in [0.3, 0.4) is 0 Å². The predicted octanol–water partition coefficient (Wildman–Crippen LogP) is 1.61. The van der Waals surface area contributed by atoms with Crippen LogP contribution in [-0.4, -0.2) is 29.1 Å². The van der Waals surface area contributed by atoms with Gasteiger partial charge in [0.25, 0.3) is 0 Å². The molecule has 5 nitrogen and oxygen atoms in total. The van der Waals surface area contributed by atoms with Gasteiger partial charge in [-0.15, -0.1) is 0 Å². The number of benzene rings is 1. The number of rotatable bonds is 3. The molecule has 1 aromatic carbocycles. The highest BCUT2D eigenvalue weighted by Gasteiger charge is 2.18. The quantitative estimate of drug-likeness (QED) is 0.611. The first-order valence-electron chi connectivity index (χ1n) is 5.05. The van der Waals surface area contributed by atoms with Crippen LogP contribution in [0.2, 0.25) is 0 Å². The summed E-state index contributed by atoms with van der Waals surface area (Å²) >= 11 is 0. The van der Waals surface area contributed by atoms with Crippen LogP contribution in [0.15, 0.2) is 30.5 Å². The van der Waals surface area contributed by atoms with Gasteiger partial charge < -0.3 is 4.74 Å². The summed E-state index contributed by atoms with van der Waals surface area (Å²) in [5, 5.41) is 3.89. The van der Waals surface area contributed by atoms with Gasteiger partial charge in [0.05, 0.1) is 19.0 Å². The maximum Gasteiger partial charge on any atom is 0.341 e. The summed E-state index contributed by atoms with van der Waals surface area (Å²) in [6, 6.07) is 5.54. The minimum atomic E-state index is -0.667. The second-order valence-corrected chi connectivity index (χ2v) is 3.44. The molecule has 6 heteroatoms. The van der Waals surface area contributed by atoms with Crippen molar-refractivity contribution in [3.05, 3.63) is 47.5 Å². The molecule has 2 rings (SSSR count). The van der Waals surface area contributed by atoms with Gasteiger partial charge in [-0.2, -0.15) is 5.10 Å². The number of hydrogen-bond acceptors (Lipinski definition) is 4. The van der Waals surface area contributed by atoms with E-state index < -0.39 is 11.8 Å². The fourth-order valence-electron chi connectivity index (χ4n) is 1.55. The molecule has 0 bridgehead atoms. The maximum atomic E-state index is 13.1. The van der Waals surface area contributed by atoms with Crippen molar-refractivity contribution in [1.29, 1.82) is 0 Å². The van der Waals surface area contributed by atoms with Crippen LogP contribution in [0.4, 0.5) is 4.39 Å². The monoisotopic (exact) mass is 248 g/mol. The number of carbonyl (C=O) groups excluding carboxylic acids is 2. The highest BCUT2D eigenvalue weighted by Crippen LogP contribution is 2.15. The fraction of sp³-hybridized carbons (Fsp3) is 0.0833. The van der Waals surface area contributed by atoms with E-state index in [0.717, 1.165) is 0 Å². The molecule has 0 aliphatic carbocycles. The predicted molar refractivity (Wildman–Crippen MR) is 60.2 cm³/mol. The van der Waals surface area contributed by atoms with Gasteiger partial charge in [-0.05, 0) is 18.2 Å². The number of methoxy groups -OCH3 is 1. The van der Waals surface area contributed by atoms with E-state index in [1.165, 1.54) is 36.2 Å². The van der Waals surface area contributed by atoms with Crippen molar-refractivity contribution in [3.63, 3.8) is 0 Å². The molecule has 18 heavy (non-hydrogen) atoms. The normalized spacial score (nSPS) is 10.1. The lowest BCUT2D eigenvalue weighted by atomic mass is 10.2. The second kappa shape index (κ2) is 4.79. The molecule has 0 saturated carbocycles. The van der Waals surface area contributed by atoms with Gasteiger partial charge in [-0.3, -0.25) is 4.79 Å². The standard InChI is InChI=1S/C12H9FN2O3/c1-18-12(17)10-6-14-15(11(10)7-16)9-4-2-3-8(13)5-9/h2-7H,1H3. The summed E-state index contributed by atoms with van der Waals surface area (Å²) in [6.07, 6.45) is 1.69. The Bertz CT molecular complexity index is 607. The lowest BCUT2D eigenvalue weighted by molar-refractivity contribution is 0.0598. The molecular formula is C12H9FN2O3. The molecule has 0 radical (unpaired) electrons. The number of esters is 1. The zero-order valence-electron chi connectivity index (χ0n) is 9.46. The minimum Gasteiger partial charge on any atom is -0.465 e. The Labute approximate surface area is 102 Å². The number of ether oxygens (including phenoxy) is 1. The van der Waals surface area contributed by atoms with Gasteiger partial charge >= 0.3 is 5.97 Å². The van der Waals surface area contributed by atoms with E-state index in [9.17, 15) is 14.0 Å². The Morgan fingerprint density at radius 3 is 2.89 bits per heavy atom. The van der Waals surface area contributed by atoms with Crippen molar-refractivity contribution in [1.82, 2.24) is 9.78 Å². The average molecular weight is 248 g/mol. The molecule has 0 aliphatic heterocycles. The average Bonchev–Trinajstić information content (AvgIpc) is 2.81. The molecular weight excluding hydrogens is 239 g/mol. The Balaban J connectivity index is 2.56. The minimum absolute atomic E-state index is 0.0208. The number of nitrogens with zero attached hydrogens (tertiary/aromatic N) is 2. The summed E-state index contributed by atoms with van der Waals surface area (Å²) in [6.45, 7) is 0. The topological polar surface area (TPSA) is 61.2 Å². The molecule has 0 unspecified atom stereocenters. The SMILES string of the molecule is COC(=O)c1cnn(-c2cccc(F)c2)c1C=O. The lowest BCUT2D eigenvalue weighted by Gasteiger charge is -2.04. The summed E-state index contributed by atoms with van der Waals surface area (Å²) in [5.41, 5.74) is 0.413. The van der Waals surface area contributed by atoms with E-state index in [1.54, 1.807) is 6.07 Å². The van der Waals surface area contributed by atoms with Crippen molar-refractivity contribution in [3.8, 4) is 5.69 Å². The first-order valence-corrected chi connectivity index (χ1v) is 5.05. The van der Waals surface area contributed by atoms with Crippen LogP contribution in [0.1, 0.15) is 20.8 Å². The molecule has 0 amide bonds. The van der Waals surface area contributed by atoms with Crippen molar-refractivity contribution >= 4 is 12.3 Å². The molecule has 1 heterocycles. The fourth-order valence-corrected chi connectivity index (χ4v) is 1.55. The molecule has 92 valence electrons. The third kappa shape index (κ3) is 2.00. The smallest absolute Gasteiger partial charge is 0.341 e. The summed E-state index contributed by atoms with van der Waals surface area (Å²) in [7, 11) is 1.20. The molecule has 2 aromatic rings. The van der Waals surface area contributed by atoms with Crippen LogP contribution < -0.4 is 0 Å². The number of hydrogen-bond donors (Lipinski definition) is 0. The third-order valence-corrected chi connectivity index (χ3v) is 2.38. The van der Waals surface area contributed by atoms with Crippen molar-refractivity contribution in [2.24, 2.45) is 0 Å². The van der Waals surface area contributed by atoms with Gasteiger partial charge in [0, 0.05) is 0 Å². The first-order chi connectivity index (χ1) is 8.67. The number of halogens is 1. The van der Waals surface area contributed by atoms with Gasteiger partial charge in [-0.25, -0.2) is 13.9 Å². The second-order valence-electron chi connectivity index (χ2n) is 3.44.